The third-order valence-electron chi connectivity index (χ3n) is 5.57. The van der Waals surface area contributed by atoms with Crippen LogP contribution in [-0.2, 0) is 15.9 Å². The molecule has 0 aromatic heterocycles. The summed E-state index contributed by atoms with van der Waals surface area (Å²) in [5, 5.41) is 12.8. The van der Waals surface area contributed by atoms with Gasteiger partial charge in [0.05, 0.1) is 23.5 Å². The molecule has 0 bridgehead atoms. The van der Waals surface area contributed by atoms with Crippen molar-refractivity contribution in [2.45, 2.75) is 32.8 Å². The van der Waals surface area contributed by atoms with Gasteiger partial charge in [-0.1, -0.05) is 6.07 Å². The number of carboxylic acid groups (broad SMARTS) is 1. The first-order chi connectivity index (χ1) is 16.1. The molecule has 2 aromatic carbocycles. The van der Waals surface area contributed by atoms with Crippen LogP contribution in [0.15, 0.2) is 36.4 Å². The predicted octanol–water partition coefficient (Wildman–Crippen LogP) is 3.96. The summed E-state index contributed by atoms with van der Waals surface area (Å²) in [4.78, 5) is 27.9. The summed E-state index contributed by atoms with van der Waals surface area (Å²) in [6.45, 7) is 8.52. The Balaban J connectivity index is 1.71. The number of anilines is 4. The van der Waals surface area contributed by atoms with Gasteiger partial charge in [-0.3, -0.25) is 0 Å². The second-order valence-corrected chi connectivity index (χ2v) is 9.23. The highest BCUT2D eigenvalue weighted by molar-refractivity contribution is 5.94. The van der Waals surface area contributed by atoms with Gasteiger partial charge in [-0.25, -0.2) is 9.59 Å². The van der Waals surface area contributed by atoms with Crippen LogP contribution in [0.4, 0.5) is 27.5 Å². The molecule has 0 aliphatic carbocycles. The highest BCUT2D eigenvalue weighted by Gasteiger charge is 2.26. The molecule has 0 unspecified atom stereocenters. The summed E-state index contributed by atoms with van der Waals surface area (Å²) in [5.74, 6) is -1.02. The Labute approximate surface area is 200 Å². The maximum absolute atomic E-state index is 12.3. The summed E-state index contributed by atoms with van der Waals surface area (Å²) >= 11 is 0. The SMILES string of the molecule is COCCc1c(C(=O)O)ccc(Nc2cccc(N3CCN(C(=O)OC(C)(C)C)CC3)c2)c1N. The zero-order chi connectivity index (χ0) is 24.9. The minimum atomic E-state index is -1.02. The van der Waals surface area contributed by atoms with E-state index in [-0.39, 0.29) is 11.7 Å². The van der Waals surface area contributed by atoms with Crippen LogP contribution in [0.25, 0.3) is 0 Å². The van der Waals surface area contributed by atoms with Crippen molar-refractivity contribution in [3.05, 3.63) is 47.5 Å². The second kappa shape index (κ2) is 10.6. The van der Waals surface area contributed by atoms with Crippen LogP contribution >= 0.6 is 0 Å². The number of hydrogen-bond donors (Lipinski definition) is 3. The van der Waals surface area contributed by atoms with Crippen molar-refractivity contribution in [3.8, 4) is 0 Å². The van der Waals surface area contributed by atoms with Gasteiger partial charge < -0.3 is 35.4 Å². The van der Waals surface area contributed by atoms with Gasteiger partial charge in [-0.15, -0.1) is 0 Å². The second-order valence-electron chi connectivity index (χ2n) is 9.23. The third kappa shape index (κ3) is 6.32. The number of methoxy groups -OCH3 is 1. The van der Waals surface area contributed by atoms with Crippen LogP contribution < -0.4 is 16.0 Å². The van der Waals surface area contributed by atoms with Gasteiger partial charge in [0.25, 0.3) is 0 Å². The molecule has 4 N–H and O–H groups in total. The number of nitrogen functional groups attached to an aromatic ring is 1. The topological polar surface area (TPSA) is 117 Å². The normalized spacial score (nSPS) is 14.1. The quantitative estimate of drug-likeness (QED) is 0.521. The van der Waals surface area contributed by atoms with E-state index in [1.54, 1.807) is 24.1 Å². The van der Waals surface area contributed by atoms with E-state index >= 15 is 0 Å². The maximum Gasteiger partial charge on any atom is 0.410 e. The fraction of sp³-hybridized carbons (Fsp3) is 0.440. The van der Waals surface area contributed by atoms with Gasteiger partial charge in [-0.05, 0) is 63.1 Å². The smallest absolute Gasteiger partial charge is 0.410 e. The number of amides is 1. The third-order valence-corrected chi connectivity index (χ3v) is 5.57. The Hall–Kier alpha value is -3.46. The standard InChI is InChI=1S/C25H34N4O5/c1-25(2,3)34-24(32)29-13-11-28(12-14-29)18-7-5-6-17(16-18)27-21-9-8-20(23(30)31)19(22(21)26)10-15-33-4/h5-9,16,27H,10-15,26H2,1-4H3,(H,30,31). The van der Waals surface area contributed by atoms with Gasteiger partial charge in [-0.2, -0.15) is 0 Å². The monoisotopic (exact) mass is 470 g/mol. The fourth-order valence-corrected chi connectivity index (χ4v) is 3.86. The first-order valence-electron chi connectivity index (χ1n) is 11.3. The molecule has 1 heterocycles. The number of carbonyl (C=O) groups excluding carboxylic acids is 1. The van der Waals surface area contributed by atoms with Crippen LogP contribution in [0.2, 0.25) is 0 Å². The Bertz CT molecular complexity index is 1030. The number of hydrogen-bond acceptors (Lipinski definition) is 7. The minimum Gasteiger partial charge on any atom is -0.478 e. The van der Waals surface area contributed by atoms with E-state index in [0.717, 1.165) is 11.4 Å². The molecule has 0 radical (unpaired) electrons. The molecule has 9 nitrogen and oxygen atoms in total. The van der Waals surface area contributed by atoms with E-state index < -0.39 is 11.6 Å². The Kier molecular flexibility index (Phi) is 7.88. The van der Waals surface area contributed by atoms with Gasteiger partial charge >= 0.3 is 12.1 Å². The van der Waals surface area contributed by atoms with Crippen molar-refractivity contribution in [3.63, 3.8) is 0 Å². The minimum absolute atomic E-state index is 0.178. The summed E-state index contributed by atoms with van der Waals surface area (Å²) in [6.07, 6.45) is 0.119. The van der Waals surface area contributed by atoms with Crippen molar-refractivity contribution in [2.24, 2.45) is 0 Å². The summed E-state index contributed by atoms with van der Waals surface area (Å²) < 4.78 is 10.6. The van der Waals surface area contributed by atoms with E-state index in [9.17, 15) is 14.7 Å². The lowest BCUT2D eigenvalue weighted by Crippen LogP contribution is -2.50. The average Bonchev–Trinajstić information content (AvgIpc) is 2.78. The average molecular weight is 471 g/mol. The van der Waals surface area contributed by atoms with E-state index in [1.807, 2.05) is 45.0 Å². The Morgan fingerprint density at radius 3 is 2.44 bits per heavy atom. The fourth-order valence-electron chi connectivity index (χ4n) is 3.86. The zero-order valence-electron chi connectivity index (χ0n) is 20.3. The molecule has 1 aliphatic rings. The van der Waals surface area contributed by atoms with E-state index in [2.05, 4.69) is 10.2 Å². The van der Waals surface area contributed by atoms with Gasteiger partial charge in [0.1, 0.15) is 5.60 Å². The first-order valence-corrected chi connectivity index (χ1v) is 11.3. The van der Waals surface area contributed by atoms with E-state index in [1.165, 1.54) is 0 Å². The molecule has 34 heavy (non-hydrogen) atoms. The molecule has 0 atom stereocenters. The Morgan fingerprint density at radius 1 is 1.12 bits per heavy atom. The molecular weight excluding hydrogens is 436 g/mol. The number of piperazine rings is 1. The van der Waals surface area contributed by atoms with Crippen molar-refractivity contribution in [2.75, 3.05) is 55.8 Å². The number of carboxylic acids is 1. The number of nitrogens with zero attached hydrogens (tertiary/aromatic N) is 2. The van der Waals surface area contributed by atoms with Crippen LogP contribution in [0.5, 0.6) is 0 Å². The molecule has 184 valence electrons. The molecule has 0 saturated carbocycles. The van der Waals surface area contributed by atoms with Gasteiger partial charge in [0, 0.05) is 44.7 Å². The molecule has 1 fully saturated rings. The number of rotatable bonds is 7. The lowest BCUT2D eigenvalue weighted by atomic mass is 10.0. The lowest BCUT2D eigenvalue weighted by Gasteiger charge is -2.36. The number of aromatic carboxylic acids is 1. The van der Waals surface area contributed by atoms with Crippen molar-refractivity contribution >= 4 is 34.8 Å². The molecule has 2 aromatic rings. The molecule has 1 amide bonds. The zero-order valence-corrected chi connectivity index (χ0v) is 20.3. The van der Waals surface area contributed by atoms with Crippen molar-refractivity contribution in [1.82, 2.24) is 4.90 Å². The van der Waals surface area contributed by atoms with Crippen LogP contribution in [0, 0.1) is 0 Å². The van der Waals surface area contributed by atoms with Gasteiger partial charge in [0.2, 0.25) is 0 Å². The highest BCUT2D eigenvalue weighted by atomic mass is 16.6. The number of nitrogens with one attached hydrogen (secondary N) is 1. The lowest BCUT2D eigenvalue weighted by molar-refractivity contribution is 0.0240. The molecule has 3 rings (SSSR count). The number of benzene rings is 2. The van der Waals surface area contributed by atoms with Gasteiger partial charge in [0.15, 0.2) is 0 Å². The van der Waals surface area contributed by atoms with Crippen LogP contribution in [0.1, 0.15) is 36.7 Å². The Morgan fingerprint density at radius 2 is 1.82 bits per heavy atom. The summed E-state index contributed by atoms with van der Waals surface area (Å²) in [7, 11) is 1.57. The molecule has 1 saturated heterocycles. The maximum atomic E-state index is 12.3. The highest BCUT2D eigenvalue weighted by Crippen LogP contribution is 2.31. The number of ether oxygens (including phenoxy) is 2. The number of carbonyl (C=O) groups is 2. The summed E-state index contributed by atoms with van der Waals surface area (Å²) in [6, 6.07) is 11.2. The van der Waals surface area contributed by atoms with E-state index in [4.69, 9.17) is 15.2 Å². The first kappa shape index (κ1) is 25.2. The van der Waals surface area contributed by atoms with Crippen LogP contribution in [0.3, 0.4) is 0 Å². The molecule has 0 spiro atoms. The molecule has 9 heteroatoms. The summed E-state index contributed by atoms with van der Waals surface area (Å²) in [5.41, 5.74) is 9.45. The number of nitrogens with two attached hydrogens (primary N) is 1. The molecule has 1 aliphatic heterocycles. The van der Waals surface area contributed by atoms with Crippen LogP contribution in [-0.4, -0.2) is 67.6 Å². The molecular formula is C25H34N4O5. The van der Waals surface area contributed by atoms with Crippen molar-refractivity contribution < 1.29 is 24.2 Å². The predicted molar refractivity (Wildman–Crippen MR) is 133 cm³/mol. The van der Waals surface area contributed by atoms with E-state index in [0.29, 0.717) is 56.1 Å². The largest absolute Gasteiger partial charge is 0.478 e. The van der Waals surface area contributed by atoms with Crippen molar-refractivity contribution in [1.29, 1.82) is 0 Å².